The van der Waals surface area contributed by atoms with Crippen molar-refractivity contribution in [2.45, 2.75) is 26.9 Å². The van der Waals surface area contributed by atoms with Crippen LogP contribution < -0.4 is 5.32 Å². The lowest BCUT2D eigenvalue weighted by Gasteiger charge is -2.10. The second-order valence-corrected chi connectivity index (χ2v) is 3.70. The van der Waals surface area contributed by atoms with Crippen LogP contribution in [0.1, 0.15) is 20.8 Å². The number of methoxy groups -OCH3 is 1. The molecule has 0 radical (unpaired) electrons. The van der Waals surface area contributed by atoms with Crippen molar-refractivity contribution >= 4 is 21.7 Å². The number of nitrogens with one attached hydrogen (secondary N) is 1. The van der Waals surface area contributed by atoms with Gasteiger partial charge in [-0.15, -0.1) is 0 Å². The summed E-state index contributed by atoms with van der Waals surface area (Å²) in [5.74, 6) is 0.868. The fourth-order valence-corrected chi connectivity index (χ4v) is 1.05. The molecule has 0 aliphatic carbocycles. The maximum Gasteiger partial charge on any atom is 0.126 e. The molecule has 0 spiro atoms. The Balaban J connectivity index is 0.000000921. The number of rotatable bonds is 4. The molecule has 3 nitrogen and oxygen atoms in total. The van der Waals surface area contributed by atoms with E-state index >= 15 is 0 Å². The number of pyridine rings is 1. The molecule has 0 bridgehead atoms. The molecule has 0 fully saturated rings. The third kappa shape index (κ3) is 6.47. The molecule has 1 aromatic rings. The lowest BCUT2D eigenvalue weighted by atomic mass is 10.4. The van der Waals surface area contributed by atoms with Gasteiger partial charge in [-0.05, 0) is 35.0 Å². The highest BCUT2D eigenvalue weighted by Gasteiger charge is 1.98. The molecule has 15 heavy (non-hydrogen) atoms. The lowest BCUT2D eigenvalue weighted by molar-refractivity contribution is 0.128. The highest BCUT2D eigenvalue weighted by Crippen LogP contribution is 2.10. The molecule has 1 unspecified atom stereocenters. The number of hydrogen-bond donors (Lipinski definition) is 1. The van der Waals surface area contributed by atoms with Crippen molar-refractivity contribution in [3.63, 3.8) is 0 Å². The summed E-state index contributed by atoms with van der Waals surface area (Å²) in [5, 5.41) is 3.17. The van der Waals surface area contributed by atoms with Crippen LogP contribution in [0.25, 0.3) is 0 Å². The molecular weight excluding hydrogens is 256 g/mol. The van der Waals surface area contributed by atoms with Crippen LogP contribution >= 0.6 is 15.9 Å². The van der Waals surface area contributed by atoms with Gasteiger partial charge in [0.05, 0.1) is 6.10 Å². The zero-order chi connectivity index (χ0) is 11.7. The largest absolute Gasteiger partial charge is 0.380 e. The maximum absolute atomic E-state index is 5.10. The SMILES string of the molecule is CC.COC(C)CNc1ccc(Br)cn1. The monoisotopic (exact) mass is 274 g/mol. The number of aromatic nitrogens is 1. The smallest absolute Gasteiger partial charge is 0.126 e. The summed E-state index contributed by atoms with van der Waals surface area (Å²) >= 11 is 3.32. The Morgan fingerprint density at radius 3 is 2.60 bits per heavy atom. The summed E-state index contributed by atoms with van der Waals surface area (Å²) in [6, 6.07) is 3.87. The van der Waals surface area contributed by atoms with Crippen molar-refractivity contribution in [2.24, 2.45) is 0 Å². The minimum absolute atomic E-state index is 0.199. The molecule has 4 heteroatoms. The van der Waals surface area contributed by atoms with E-state index in [0.29, 0.717) is 0 Å². The van der Waals surface area contributed by atoms with Crippen molar-refractivity contribution in [3.05, 3.63) is 22.8 Å². The summed E-state index contributed by atoms with van der Waals surface area (Å²) in [6.45, 7) is 6.77. The van der Waals surface area contributed by atoms with Gasteiger partial charge in [0.15, 0.2) is 0 Å². The zero-order valence-electron chi connectivity index (χ0n) is 9.75. The van der Waals surface area contributed by atoms with E-state index in [4.69, 9.17) is 4.74 Å². The number of anilines is 1. The van der Waals surface area contributed by atoms with Crippen LogP contribution in [-0.4, -0.2) is 24.7 Å². The number of hydrogen-bond acceptors (Lipinski definition) is 3. The van der Waals surface area contributed by atoms with Gasteiger partial charge in [-0.2, -0.15) is 0 Å². The molecule has 0 amide bonds. The van der Waals surface area contributed by atoms with Crippen molar-refractivity contribution in [1.82, 2.24) is 4.98 Å². The normalized spacial score (nSPS) is 11.3. The van der Waals surface area contributed by atoms with Gasteiger partial charge < -0.3 is 10.1 Å². The molecule has 0 aliphatic rings. The highest BCUT2D eigenvalue weighted by molar-refractivity contribution is 9.10. The molecule has 0 aliphatic heterocycles. The second-order valence-electron chi connectivity index (χ2n) is 2.79. The Kier molecular flexibility index (Phi) is 8.33. The molecule has 1 rings (SSSR count). The summed E-state index contributed by atoms with van der Waals surface area (Å²) in [6.07, 6.45) is 1.96. The van der Waals surface area contributed by atoms with Gasteiger partial charge in [-0.3, -0.25) is 0 Å². The van der Waals surface area contributed by atoms with Gasteiger partial charge >= 0.3 is 0 Å². The van der Waals surface area contributed by atoms with Crippen molar-refractivity contribution < 1.29 is 4.74 Å². The summed E-state index contributed by atoms with van der Waals surface area (Å²) in [4.78, 5) is 4.17. The lowest BCUT2D eigenvalue weighted by Crippen LogP contribution is -2.18. The van der Waals surface area contributed by atoms with Gasteiger partial charge in [0.25, 0.3) is 0 Å². The Labute approximate surface area is 100 Å². The van der Waals surface area contributed by atoms with Crippen LogP contribution in [0.4, 0.5) is 5.82 Å². The van der Waals surface area contributed by atoms with Gasteiger partial charge in [-0.25, -0.2) is 4.98 Å². The van der Waals surface area contributed by atoms with Crippen LogP contribution in [0.5, 0.6) is 0 Å². The van der Waals surface area contributed by atoms with Crippen LogP contribution in [0.2, 0.25) is 0 Å². The van der Waals surface area contributed by atoms with Gasteiger partial charge in [0.2, 0.25) is 0 Å². The second kappa shape index (κ2) is 8.68. The molecule has 1 aromatic heterocycles. The van der Waals surface area contributed by atoms with Crippen LogP contribution in [0, 0.1) is 0 Å². The third-order valence-electron chi connectivity index (χ3n) is 1.70. The topological polar surface area (TPSA) is 34.1 Å². The predicted octanol–water partition coefficient (Wildman–Crippen LogP) is 3.32. The molecule has 0 saturated carbocycles. The molecule has 0 saturated heterocycles. The minimum atomic E-state index is 0.199. The molecular formula is C11H19BrN2O. The fourth-order valence-electron chi connectivity index (χ4n) is 0.812. The predicted molar refractivity (Wildman–Crippen MR) is 68.2 cm³/mol. The van der Waals surface area contributed by atoms with Crippen molar-refractivity contribution in [1.29, 1.82) is 0 Å². The Morgan fingerprint density at radius 1 is 1.47 bits per heavy atom. The Hall–Kier alpha value is -0.610. The van der Waals surface area contributed by atoms with E-state index < -0.39 is 0 Å². The molecule has 1 heterocycles. The van der Waals surface area contributed by atoms with Gasteiger partial charge in [0.1, 0.15) is 5.82 Å². The van der Waals surface area contributed by atoms with E-state index in [0.717, 1.165) is 16.8 Å². The van der Waals surface area contributed by atoms with E-state index in [-0.39, 0.29) is 6.10 Å². The maximum atomic E-state index is 5.10. The first-order chi connectivity index (χ1) is 7.22. The quantitative estimate of drug-likeness (QED) is 0.915. The summed E-state index contributed by atoms with van der Waals surface area (Å²) < 4.78 is 6.08. The van der Waals surface area contributed by atoms with E-state index in [9.17, 15) is 0 Å². The number of halogens is 1. The molecule has 0 aromatic carbocycles. The highest BCUT2D eigenvalue weighted by atomic mass is 79.9. The standard InChI is InChI=1S/C9H13BrN2O.C2H6/c1-7(13-2)5-11-9-4-3-8(10)6-12-9;1-2/h3-4,6-7H,5H2,1-2H3,(H,11,12);1-2H3. The van der Waals surface area contributed by atoms with Crippen LogP contribution in [-0.2, 0) is 4.74 Å². The van der Waals surface area contributed by atoms with E-state index in [1.807, 2.05) is 32.9 Å². The van der Waals surface area contributed by atoms with Crippen molar-refractivity contribution in [3.8, 4) is 0 Å². The number of nitrogens with zero attached hydrogens (tertiary/aromatic N) is 1. The van der Waals surface area contributed by atoms with E-state index in [2.05, 4.69) is 26.2 Å². The summed E-state index contributed by atoms with van der Waals surface area (Å²) in [7, 11) is 1.70. The first-order valence-electron chi connectivity index (χ1n) is 5.10. The van der Waals surface area contributed by atoms with Crippen LogP contribution in [0.3, 0.4) is 0 Å². The average molecular weight is 275 g/mol. The Morgan fingerprint density at radius 2 is 2.13 bits per heavy atom. The molecule has 86 valence electrons. The first kappa shape index (κ1) is 14.4. The average Bonchev–Trinajstić information content (AvgIpc) is 2.30. The van der Waals surface area contributed by atoms with Gasteiger partial charge in [-0.1, -0.05) is 13.8 Å². The zero-order valence-corrected chi connectivity index (χ0v) is 11.3. The van der Waals surface area contributed by atoms with E-state index in [1.165, 1.54) is 0 Å². The van der Waals surface area contributed by atoms with Crippen LogP contribution in [0.15, 0.2) is 22.8 Å². The minimum Gasteiger partial charge on any atom is -0.380 e. The third-order valence-corrected chi connectivity index (χ3v) is 2.17. The van der Waals surface area contributed by atoms with Gasteiger partial charge in [0, 0.05) is 24.3 Å². The Bertz CT molecular complexity index is 251. The molecule has 1 N–H and O–H groups in total. The first-order valence-corrected chi connectivity index (χ1v) is 5.90. The van der Waals surface area contributed by atoms with Crippen molar-refractivity contribution in [2.75, 3.05) is 19.0 Å². The number of ether oxygens (including phenoxy) is 1. The fraction of sp³-hybridized carbons (Fsp3) is 0.545. The molecule has 1 atom stereocenters. The summed E-state index contributed by atoms with van der Waals surface area (Å²) in [5.41, 5.74) is 0. The van der Waals surface area contributed by atoms with E-state index in [1.54, 1.807) is 13.3 Å².